The zero-order valence-corrected chi connectivity index (χ0v) is 10.5. The molecule has 0 spiro atoms. The van der Waals surface area contributed by atoms with Crippen LogP contribution < -0.4 is 0 Å². The van der Waals surface area contributed by atoms with Gasteiger partial charge < -0.3 is 9.52 Å². The summed E-state index contributed by atoms with van der Waals surface area (Å²) >= 11 is 0. The summed E-state index contributed by atoms with van der Waals surface area (Å²) in [4.78, 5) is 10.6. The van der Waals surface area contributed by atoms with Gasteiger partial charge in [0.1, 0.15) is 0 Å². The molecule has 114 valence electrons. The molecule has 0 aromatic carbocycles. The highest BCUT2D eigenvalue weighted by Gasteiger charge is 2.63. The van der Waals surface area contributed by atoms with Crippen LogP contribution in [0, 0.1) is 5.41 Å². The van der Waals surface area contributed by atoms with E-state index < -0.39 is 35.3 Å². The summed E-state index contributed by atoms with van der Waals surface area (Å²) in [7, 11) is 0. The van der Waals surface area contributed by atoms with Crippen LogP contribution in [-0.4, -0.2) is 27.4 Å². The van der Waals surface area contributed by atoms with Crippen molar-refractivity contribution in [3.63, 3.8) is 0 Å². The molecule has 0 radical (unpaired) electrons. The van der Waals surface area contributed by atoms with E-state index in [4.69, 9.17) is 5.11 Å². The lowest BCUT2D eigenvalue weighted by atomic mass is 9.86. The normalized spacial score (nSPS) is 13.6. The van der Waals surface area contributed by atoms with Gasteiger partial charge in [0.05, 0.1) is 6.42 Å². The lowest BCUT2D eigenvalue weighted by molar-refractivity contribution is -0.297. The van der Waals surface area contributed by atoms with Crippen LogP contribution in [0.2, 0.25) is 0 Å². The first-order valence-corrected chi connectivity index (χ1v) is 5.34. The summed E-state index contributed by atoms with van der Waals surface area (Å²) < 4.78 is 66.4. The maximum atomic E-state index is 12.9. The molecule has 0 atom stereocenters. The fourth-order valence-corrected chi connectivity index (χ4v) is 1.45. The van der Waals surface area contributed by atoms with Crippen molar-refractivity contribution in [1.82, 2.24) is 10.2 Å². The SMILES string of the molecule is CC(C)(CC(=O)O)Cc1nnc(C(F)(F)C(F)(F)F)o1. The Bertz CT molecular complexity index is 495. The van der Waals surface area contributed by atoms with Crippen LogP contribution in [-0.2, 0) is 17.1 Å². The third kappa shape index (κ3) is 3.64. The first-order chi connectivity index (χ1) is 8.85. The Morgan fingerprint density at radius 3 is 2.20 bits per heavy atom. The van der Waals surface area contributed by atoms with Crippen molar-refractivity contribution in [3.05, 3.63) is 11.8 Å². The molecule has 20 heavy (non-hydrogen) atoms. The second-order valence-corrected chi connectivity index (χ2v) is 4.98. The Balaban J connectivity index is 2.91. The molecule has 0 saturated heterocycles. The predicted molar refractivity (Wildman–Crippen MR) is 54.0 cm³/mol. The minimum atomic E-state index is -5.84. The van der Waals surface area contributed by atoms with Gasteiger partial charge in [-0.15, -0.1) is 10.2 Å². The summed E-state index contributed by atoms with van der Waals surface area (Å²) in [6, 6.07) is 0. The van der Waals surface area contributed by atoms with E-state index in [9.17, 15) is 26.7 Å². The van der Waals surface area contributed by atoms with Gasteiger partial charge in [0.25, 0.3) is 5.89 Å². The summed E-state index contributed by atoms with van der Waals surface area (Å²) in [5, 5.41) is 14.4. The van der Waals surface area contributed by atoms with Crippen LogP contribution in [0.4, 0.5) is 22.0 Å². The molecular formula is C10H11F5N2O3. The molecule has 0 amide bonds. The van der Waals surface area contributed by atoms with E-state index in [1.165, 1.54) is 13.8 Å². The maximum Gasteiger partial charge on any atom is 0.463 e. The first kappa shape index (κ1) is 16.3. The Labute approximate surface area is 109 Å². The average molecular weight is 302 g/mol. The van der Waals surface area contributed by atoms with Gasteiger partial charge in [-0.05, 0) is 5.41 Å². The van der Waals surface area contributed by atoms with Crippen molar-refractivity contribution in [2.24, 2.45) is 5.41 Å². The van der Waals surface area contributed by atoms with Crippen LogP contribution in [0.3, 0.4) is 0 Å². The average Bonchev–Trinajstić information content (AvgIpc) is 2.61. The number of carboxylic acids is 1. The number of alkyl halides is 5. The van der Waals surface area contributed by atoms with E-state index in [2.05, 4.69) is 14.6 Å². The second kappa shape index (κ2) is 4.98. The Kier molecular flexibility index (Phi) is 4.07. The number of rotatable bonds is 5. The van der Waals surface area contributed by atoms with E-state index in [1.54, 1.807) is 0 Å². The molecule has 1 heterocycles. The quantitative estimate of drug-likeness (QED) is 0.846. The van der Waals surface area contributed by atoms with Crippen molar-refractivity contribution in [3.8, 4) is 0 Å². The molecule has 5 nitrogen and oxygen atoms in total. The van der Waals surface area contributed by atoms with Gasteiger partial charge in [0.15, 0.2) is 0 Å². The van der Waals surface area contributed by atoms with Crippen molar-refractivity contribution in [1.29, 1.82) is 0 Å². The molecule has 1 rings (SSSR count). The zero-order valence-electron chi connectivity index (χ0n) is 10.5. The molecule has 0 aliphatic heterocycles. The molecule has 10 heteroatoms. The van der Waals surface area contributed by atoms with Crippen LogP contribution in [0.1, 0.15) is 32.0 Å². The minimum absolute atomic E-state index is 0.236. The molecule has 0 saturated carbocycles. The first-order valence-electron chi connectivity index (χ1n) is 5.34. The Hall–Kier alpha value is -1.74. The number of halogens is 5. The van der Waals surface area contributed by atoms with Gasteiger partial charge >= 0.3 is 18.1 Å². The van der Waals surface area contributed by atoms with E-state index in [1.807, 2.05) is 0 Å². The molecule has 1 aromatic heterocycles. The monoisotopic (exact) mass is 302 g/mol. The highest BCUT2D eigenvalue weighted by atomic mass is 19.4. The largest absolute Gasteiger partial charge is 0.481 e. The molecule has 0 aliphatic carbocycles. The molecule has 0 unspecified atom stereocenters. The van der Waals surface area contributed by atoms with Crippen LogP contribution in [0.25, 0.3) is 0 Å². The summed E-state index contributed by atoms with van der Waals surface area (Å²) in [5.74, 6) is -8.72. The van der Waals surface area contributed by atoms with E-state index in [0.29, 0.717) is 0 Å². The minimum Gasteiger partial charge on any atom is -0.481 e. The molecular weight excluding hydrogens is 291 g/mol. The van der Waals surface area contributed by atoms with E-state index in [-0.39, 0.29) is 12.8 Å². The van der Waals surface area contributed by atoms with Crippen LogP contribution in [0.15, 0.2) is 4.42 Å². The number of hydrogen-bond donors (Lipinski definition) is 1. The van der Waals surface area contributed by atoms with Crippen molar-refractivity contribution in [2.75, 3.05) is 0 Å². The number of nitrogens with zero attached hydrogens (tertiary/aromatic N) is 2. The number of hydrogen-bond acceptors (Lipinski definition) is 4. The van der Waals surface area contributed by atoms with Gasteiger partial charge in [0, 0.05) is 6.42 Å². The van der Waals surface area contributed by atoms with Crippen LogP contribution in [0.5, 0.6) is 0 Å². The van der Waals surface area contributed by atoms with E-state index in [0.717, 1.165) is 0 Å². The van der Waals surface area contributed by atoms with Crippen molar-refractivity contribution >= 4 is 5.97 Å². The molecule has 0 bridgehead atoms. The van der Waals surface area contributed by atoms with Gasteiger partial charge in [0.2, 0.25) is 5.89 Å². The molecule has 1 N–H and O–H groups in total. The molecule has 1 aromatic rings. The third-order valence-electron chi connectivity index (χ3n) is 2.35. The zero-order chi connectivity index (χ0) is 15.8. The number of aromatic nitrogens is 2. The summed E-state index contributed by atoms with van der Waals surface area (Å²) in [5.41, 5.74) is -0.927. The highest BCUT2D eigenvalue weighted by molar-refractivity contribution is 5.67. The smallest absolute Gasteiger partial charge is 0.463 e. The van der Waals surface area contributed by atoms with Crippen molar-refractivity contribution < 1.29 is 36.3 Å². The van der Waals surface area contributed by atoms with Gasteiger partial charge in [-0.2, -0.15) is 22.0 Å². The summed E-state index contributed by atoms with van der Waals surface area (Å²) in [6.07, 6.45) is -6.41. The number of carboxylic acid groups (broad SMARTS) is 1. The Morgan fingerprint density at radius 1 is 1.20 bits per heavy atom. The van der Waals surface area contributed by atoms with Crippen molar-refractivity contribution in [2.45, 2.75) is 38.8 Å². The van der Waals surface area contributed by atoms with Gasteiger partial charge in [-0.1, -0.05) is 13.8 Å². The highest BCUT2D eigenvalue weighted by Crippen LogP contribution is 2.43. The second-order valence-electron chi connectivity index (χ2n) is 4.98. The Morgan fingerprint density at radius 2 is 1.75 bits per heavy atom. The number of aliphatic carboxylic acids is 1. The molecule has 0 fully saturated rings. The predicted octanol–water partition coefficient (Wildman–Crippen LogP) is 2.77. The van der Waals surface area contributed by atoms with Gasteiger partial charge in [-0.3, -0.25) is 4.79 Å². The maximum absolute atomic E-state index is 12.9. The fraction of sp³-hybridized carbons (Fsp3) is 0.700. The fourth-order valence-electron chi connectivity index (χ4n) is 1.45. The van der Waals surface area contributed by atoms with E-state index >= 15 is 0 Å². The standard InChI is InChI=1S/C10H11F5N2O3/c1-8(2,4-6(18)19)3-5-16-17-7(20-5)9(11,12)10(13,14)15/h3-4H2,1-2H3,(H,18,19). The topological polar surface area (TPSA) is 76.2 Å². The summed E-state index contributed by atoms with van der Waals surface area (Å²) in [6.45, 7) is 2.96. The molecule has 0 aliphatic rings. The third-order valence-corrected chi connectivity index (χ3v) is 2.35. The van der Waals surface area contributed by atoms with Crippen LogP contribution >= 0.6 is 0 Å². The lowest BCUT2D eigenvalue weighted by Crippen LogP contribution is -2.34. The number of carbonyl (C=O) groups is 1. The lowest BCUT2D eigenvalue weighted by Gasteiger charge is -2.19. The van der Waals surface area contributed by atoms with Gasteiger partial charge in [-0.25, -0.2) is 0 Å².